The molecule has 166 valence electrons. The number of carbonyl (C=O) groups is 2. The van der Waals surface area contributed by atoms with E-state index in [2.05, 4.69) is 10.6 Å². The van der Waals surface area contributed by atoms with Crippen LogP contribution in [0, 0.1) is 12.8 Å². The molecule has 4 N–H and O–H groups in total. The molecule has 0 radical (unpaired) electrons. The van der Waals surface area contributed by atoms with Crippen molar-refractivity contribution in [2.45, 2.75) is 45.6 Å². The Bertz CT molecular complexity index is 874. The summed E-state index contributed by atoms with van der Waals surface area (Å²) >= 11 is 0. The lowest BCUT2D eigenvalue weighted by atomic mass is 9.75. The van der Waals surface area contributed by atoms with Crippen LogP contribution in [0.4, 0.5) is 0 Å². The van der Waals surface area contributed by atoms with Crippen LogP contribution in [0.3, 0.4) is 0 Å². The number of nitrogens with one attached hydrogen (secondary N) is 2. The van der Waals surface area contributed by atoms with Gasteiger partial charge < -0.3 is 25.4 Å². The van der Waals surface area contributed by atoms with Gasteiger partial charge in [0.25, 0.3) is 5.91 Å². The highest BCUT2D eigenvalue weighted by atomic mass is 16.5. The van der Waals surface area contributed by atoms with Crippen molar-refractivity contribution in [3.63, 3.8) is 0 Å². The second-order valence-corrected chi connectivity index (χ2v) is 8.05. The summed E-state index contributed by atoms with van der Waals surface area (Å²) in [5.74, 6) is -0.897. The van der Waals surface area contributed by atoms with Gasteiger partial charge in [-0.2, -0.15) is 0 Å². The molecular formula is C23H31BN2O5. The van der Waals surface area contributed by atoms with Gasteiger partial charge in [-0.25, -0.2) is 0 Å². The molecule has 31 heavy (non-hydrogen) atoms. The molecule has 0 saturated carbocycles. The van der Waals surface area contributed by atoms with Crippen molar-refractivity contribution in [2.24, 2.45) is 5.92 Å². The van der Waals surface area contributed by atoms with Crippen LogP contribution in [0.15, 0.2) is 48.5 Å². The Kier molecular flexibility index (Phi) is 9.09. The van der Waals surface area contributed by atoms with Crippen molar-refractivity contribution in [1.82, 2.24) is 10.6 Å². The Morgan fingerprint density at radius 2 is 1.74 bits per heavy atom. The van der Waals surface area contributed by atoms with Crippen LogP contribution < -0.4 is 15.4 Å². The third kappa shape index (κ3) is 7.42. The zero-order valence-corrected chi connectivity index (χ0v) is 18.5. The third-order valence-corrected chi connectivity index (χ3v) is 5.00. The van der Waals surface area contributed by atoms with Crippen molar-refractivity contribution < 1.29 is 24.4 Å². The Morgan fingerprint density at radius 3 is 2.29 bits per heavy atom. The lowest BCUT2D eigenvalue weighted by Crippen LogP contribution is -2.55. The van der Waals surface area contributed by atoms with Crippen LogP contribution in [-0.2, 0) is 11.2 Å². The highest BCUT2D eigenvalue weighted by Crippen LogP contribution is 2.17. The lowest BCUT2D eigenvalue weighted by Gasteiger charge is -2.24. The minimum absolute atomic E-state index is 0.149. The van der Waals surface area contributed by atoms with E-state index in [0.29, 0.717) is 17.7 Å². The molecule has 0 heterocycles. The van der Waals surface area contributed by atoms with E-state index in [4.69, 9.17) is 4.74 Å². The maximum absolute atomic E-state index is 13.0. The summed E-state index contributed by atoms with van der Waals surface area (Å²) in [6, 6.07) is 13.5. The van der Waals surface area contributed by atoms with E-state index in [1.165, 1.54) is 0 Å². The monoisotopic (exact) mass is 426 g/mol. The fourth-order valence-corrected chi connectivity index (χ4v) is 3.36. The first kappa shape index (κ1) is 24.4. The van der Waals surface area contributed by atoms with Gasteiger partial charge in [0, 0.05) is 12.0 Å². The van der Waals surface area contributed by atoms with Crippen LogP contribution in [-0.4, -0.2) is 48.1 Å². The Labute approximate surface area is 184 Å². The van der Waals surface area contributed by atoms with Gasteiger partial charge >= 0.3 is 7.12 Å². The van der Waals surface area contributed by atoms with Crippen LogP contribution >= 0.6 is 0 Å². The number of rotatable bonds is 10. The van der Waals surface area contributed by atoms with Gasteiger partial charge in [-0.3, -0.25) is 9.59 Å². The van der Waals surface area contributed by atoms with E-state index in [1.54, 1.807) is 32.2 Å². The largest absolute Gasteiger partial charge is 0.497 e. The first-order valence-corrected chi connectivity index (χ1v) is 10.4. The van der Waals surface area contributed by atoms with Gasteiger partial charge in [0.05, 0.1) is 13.1 Å². The van der Waals surface area contributed by atoms with Gasteiger partial charge in [-0.15, -0.1) is 0 Å². The molecule has 0 bridgehead atoms. The van der Waals surface area contributed by atoms with Crippen molar-refractivity contribution in [3.8, 4) is 5.75 Å². The molecule has 8 heteroatoms. The first-order chi connectivity index (χ1) is 14.7. The molecular weight excluding hydrogens is 395 g/mol. The number of methoxy groups -OCH3 is 1. The van der Waals surface area contributed by atoms with Gasteiger partial charge in [-0.1, -0.05) is 44.2 Å². The standard InChI is InChI=1S/C23H31BN2O5/c1-15(2)12-21(24(29)30)26-23(28)20(14-17-8-6-5-7-9-17)25-22(27)19-11-10-18(31-4)13-16(19)3/h5-11,13,15,20-21,29-30H,12,14H2,1-4H3,(H,25,27)(H,26,28)/t20-,21-/m0/s1. The van der Waals surface area contributed by atoms with Crippen molar-refractivity contribution in [2.75, 3.05) is 7.11 Å². The summed E-state index contributed by atoms with van der Waals surface area (Å²) < 4.78 is 5.18. The number of aryl methyl sites for hydroxylation is 1. The first-order valence-electron chi connectivity index (χ1n) is 10.4. The van der Waals surface area contributed by atoms with E-state index in [0.717, 1.165) is 11.1 Å². The van der Waals surface area contributed by atoms with Gasteiger partial charge in [0.15, 0.2) is 0 Å². The predicted molar refractivity (Wildman–Crippen MR) is 121 cm³/mol. The van der Waals surface area contributed by atoms with Crippen LogP contribution in [0.1, 0.15) is 41.8 Å². The average molecular weight is 426 g/mol. The van der Waals surface area contributed by atoms with Crippen molar-refractivity contribution in [1.29, 1.82) is 0 Å². The molecule has 0 saturated heterocycles. The second-order valence-electron chi connectivity index (χ2n) is 8.05. The number of amides is 2. The number of hydrogen-bond acceptors (Lipinski definition) is 5. The Morgan fingerprint density at radius 1 is 1.06 bits per heavy atom. The van der Waals surface area contributed by atoms with E-state index in [9.17, 15) is 19.6 Å². The molecule has 7 nitrogen and oxygen atoms in total. The van der Waals surface area contributed by atoms with E-state index in [-0.39, 0.29) is 18.2 Å². The molecule has 0 unspecified atom stereocenters. The van der Waals surface area contributed by atoms with E-state index in [1.807, 2.05) is 44.2 Å². The summed E-state index contributed by atoms with van der Waals surface area (Å²) in [5.41, 5.74) is 2.03. The Hall–Kier alpha value is -2.84. The number of carbonyl (C=O) groups excluding carboxylic acids is 2. The van der Waals surface area contributed by atoms with E-state index < -0.39 is 25.0 Å². The SMILES string of the molecule is COc1ccc(C(=O)N[C@@H](Cc2ccccc2)C(=O)N[C@@H](CC(C)C)B(O)O)c(C)c1. The van der Waals surface area contributed by atoms with Gasteiger partial charge in [0.2, 0.25) is 5.91 Å². The predicted octanol–water partition coefficient (Wildman–Crippen LogP) is 1.89. The molecule has 0 aliphatic rings. The number of benzene rings is 2. The molecule has 2 aromatic rings. The summed E-state index contributed by atoms with van der Waals surface area (Å²) in [4.78, 5) is 26.0. The van der Waals surface area contributed by atoms with Crippen LogP contribution in [0.25, 0.3) is 0 Å². The smallest absolute Gasteiger partial charge is 0.475 e. The molecule has 2 amide bonds. The van der Waals surface area contributed by atoms with Crippen molar-refractivity contribution >= 4 is 18.9 Å². The minimum Gasteiger partial charge on any atom is -0.497 e. The van der Waals surface area contributed by atoms with Crippen molar-refractivity contribution in [3.05, 3.63) is 65.2 Å². The van der Waals surface area contributed by atoms with Gasteiger partial charge in [0.1, 0.15) is 11.8 Å². The lowest BCUT2D eigenvalue weighted by molar-refractivity contribution is -0.123. The molecule has 0 aliphatic carbocycles. The highest BCUT2D eigenvalue weighted by Gasteiger charge is 2.30. The molecule has 0 aliphatic heterocycles. The average Bonchev–Trinajstić information content (AvgIpc) is 2.72. The maximum Gasteiger partial charge on any atom is 0.475 e. The zero-order chi connectivity index (χ0) is 23.0. The molecule has 2 atom stereocenters. The van der Waals surface area contributed by atoms with Crippen LogP contribution in [0.5, 0.6) is 5.75 Å². The summed E-state index contributed by atoms with van der Waals surface area (Å²) in [7, 11) is -0.138. The fraction of sp³-hybridized carbons (Fsp3) is 0.391. The molecule has 0 aromatic heterocycles. The summed E-state index contributed by atoms with van der Waals surface area (Å²) in [5, 5.41) is 24.8. The summed E-state index contributed by atoms with van der Waals surface area (Å²) in [6.45, 7) is 5.65. The molecule has 0 spiro atoms. The number of hydrogen-bond donors (Lipinski definition) is 4. The highest BCUT2D eigenvalue weighted by molar-refractivity contribution is 6.43. The third-order valence-electron chi connectivity index (χ3n) is 5.00. The van der Waals surface area contributed by atoms with Crippen LogP contribution in [0.2, 0.25) is 0 Å². The maximum atomic E-state index is 13.0. The fourth-order valence-electron chi connectivity index (χ4n) is 3.36. The molecule has 2 aromatic carbocycles. The quantitative estimate of drug-likeness (QED) is 0.434. The van der Waals surface area contributed by atoms with E-state index >= 15 is 0 Å². The zero-order valence-electron chi connectivity index (χ0n) is 18.5. The Balaban J connectivity index is 2.23. The second kappa shape index (κ2) is 11.5. The number of ether oxygens (including phenoxy) is 1. The molecule has 2 rings (SSSR count). The topological polar surface area (TPSA) is 108 Å². The summed E-state index contributed by atoms with van der Waals surface area (Å²) in [6.07, 6.45) is 0.663. The normalized spacial score (nSPS) is 12.7. The minimum atomic E-state index is -1.69. The molecule has 0 fully saturated rings. The van der Waals surface area contributed by atoms with Gasteiger partial charge in [-0.05, 0) is 48.6 Å².